The van der Waals surface area contributed by atoms with E-state index < -0.39 is 0 Å². The van der Waals surface area contributed by atoms with Crippen molar-refractivity contribution in [3.8, 4) is 0 Å². The van der Waals surface area contributed by atoms with Crippen LogP contribution in [0, 0.1) is 5.41 Å². The molecule has 0 saturated heterocycles. The summed E-state index contributed by atoms with van der Waals surface area (Å²) in [6.45, 7) is 12.2. The molecule has 1 nitrogen and oxygen atoms in total. The summed E-state index contributed by atoms with van der Waals surface area (Å²) in [6.07, 6.45) is 1.21. The van der Waals surface area contributed by atoms with Crippen LogP contribution in [0.4, 0.5) is 0 Å². The summed E-state index contributed by atoms with van der Waals surface area (Å²) in [6, 6.07) is 0. The van der Waals surface area contributed by atoms with Crippen molar-refractivity contribution >= 4 is 21.6 Å². The van der Waals surface area contributed by atoms with Gasteiger partial charge in [0.2, 0.25) is 0 Å². The predicted molar refractivity (Wildman–Crippen MR) is 70.1 cm³/mol. The van der Waals surface area contributed by atoms with Gasteiger partial charge in [-0.25, -0.2) is 0 Å². The maximum Gasteiger partial charge on any atom is 0.0589 e. The lowest BCUT2D eigenvalue weighted by molar-refractivity contribution is 0.184. The van der Waals surface area contributed by atoms with Crippen LogP contribution in [0.3, 0.4) is 0 Å². The molecule has 0 heterocycles. The fourth-order valence-corrected chi connectivity index (χ4v) is 3.83. The molecule has 0 radical (unpaired) electrons. The Morgan fingerprint density at radius 2 is 1.71 bits per heavy atom. The first-order valence-corrected chi connectivity index (χ1v) is 7.44. The second-order valence-electron chi connectivity index (χ2n) is 5.08. The van der Waals surface area contributed by atoms with Crippen molar-refractivity contribution in [1.82, 2.24) is 0 Å². The van der Waals surface area contributed by atoms with Crippen LogP contribution in [0.1, 0.15) is 41.0 Å². The smallest absolute Gasteiger partial charge is 0.0589 e. The third kappa shape index (κ3) is 9.22. The quantitative estimate of drug-likeness (QED) is 0.639. The van der Waals surface area contributed by atoms with Gasteiger partial charge in [-0.1, -0.05) is 56.2 Å². The Kier molecular flexibility index (Phi) is 7.35. The van der Waals surface area contributed by atoms with Crippen molar-refractivity contribution in [2.24, 2.45) is 5.41 Å². The Morgan fingerprint density at radius 1 is 1.14 bits per heavy atom. The molecule has 0 aromatic rings. The molecule has 0 aliphatic carbocycles. The molecule has 0 aromatic carbocycles. The maximum absolute atomic E-state index is 5.25. The molecule has 1 atom stereocenters. The van der Waals surface area contributed by atoms with Crippen LogP contribution in [0.25, 0.3) is 0 Å². The van der Waals surface area contributed by atoms with Gasteiger partial charge in [0.25, 0.3) is 0 Å². The molecule has 0 aliphatic heterocycles. The standard InChI is InChI=1S/C11H24OS2/c1-9(2)13-14-10(8-12-6)7-11(3,4)5/h9-10H,7-8H2,1-6H3. The number of rotatable bonds is 6. The van der Waals surface area contributed by atoms with E-state index in [4.69, 9.17) is 4.74 Å². The van der Waals surface area contributed by atoms with Gasteiger partial charge in [0, 0.05) is 17.6 Å². The van der Waals surface area contributed by atoms with Crippen LogP contribution >= 0.6 is 21.6 Å². The number of hydrogen-bond donors (Lipinski definition) is 0. The van der Waals surface area contributed by atoms with Crippen LogP contribution in [0.5, 0.6) is 0 Å². The van der Waals surface area contributed by atoms with E-state index in [0.717, 1.165) is 6.61 Å². The Balaban J connectivity index is 3.89. The van der Waals surface area contributed by atoms with E-state index in [1.54, 1.807) is 7.11 Å². The molecule has 0 saturated carbocycles. The average Bonchev–Trinajstić information content (AvgIpc) is 1.98. The van der Waals surface area contributed by atoms with Gasteiger partial charge in [-0.15, -0.1) is 0 Å². The fourth-order valence-electron chi connectivity index (χ4n) is 1.18. The second-order valence-corrected chi connectivity index (χ2v) is 8.23. The van der Waals surface area contributed by atoms with Crippen molar-refractivity contribution in [1.29, 1.82) is 0 Å². The lowest BCUT2D eigenvalue weighted by atomic mass is 9.90. The van der Waals surface area contributed by atoms with E-state index >= 15 is 0 Å². The van der Waals surface area contributed by atoms with Gasteiger partial charge >= 0.3 is 0 Å². The average molecular weight is 236 g/mol. The van der Waals surface area contributed by atoms with E-state index in [0.29, 0.717) is 15.9 Å². The van der Waals surface area contributed by atoms with Gasteiger partial charge in [0.1, 0.15) is 0 Å². The summed E-state index contributed by atoms with van der Waals surface area (Å²) in [5.74, 6) is 0. The van der Waals surface area contributed by atoms with Gasteiger partial charge in [-0.3, -0.25) is 0 Å². The Bertz CT molecular complexity index is 141. The zero-order valence-corrected chi connectivity index (χ0v) is 11.9. The van der Waals surface area contributed by atoms with Crippen LogP contribution in [-0.4, -0.2) is 24.2 Å². The molecule has 1 unspecified atom stereocenters. The molecule has 0 N–H and O–H groups in total. The van der Waals surface area contributed by atoms with E-state index in [1.807, 2.05) is 21.6 Å². The van der Waals surface area contributed by atoms with Gasteiger partial charge in [0.15, 0.2) is 0 Å². The fraction of sp³-hybridized carbons (Fsp3) is 1.00. The molecule has 0 aromatic heterocycles. The SMILES string of the molecule is COCC(CC(C)(C)C)SSC(C)C. The van der Waals surface area contributed by atoms with Crippen molar-refractivity contribution in [2.45, 2.75) is 51.5 Å². The Morgan fingerprint density at radius 3 is 2.07 bits per heavy atom. The maximum atomic E-state index is 5.25. The highest BCUT2D eigenvalue weighted by Gasteiger charge is 2.19. The zero-order valence-electron chi connectivity index (χ0n) is 10.3. The van der Waals surface area contributed by atoms with Crippen molar-refractivity contribution in [2.75, 3.05) is 13.7 Å². The van der Waals surface area contributed by atoms with Crippen LogP contribution < -0.4 is 0 Å². The summed E-state index contributed by atoms with van der Waals surface area (Å²) >= 11 is 0. The van der Waals surface area contributed by atoms with E-state index in [1.165, 1.54) is 6.42 Å². The number of hydrogen-bond acceptors (Lipinski definition) is 3. The van der Waals surface area contributed by atoms with Crippen molar-refractivity contribution < 1.29 is 4.74 Å². The lowest BCUT2D eigenvalue weighted by Crippen LogP contribution is -2.19. The molecule has 0 bridgehead atoms. The van der Waals surface area contributed by atoms with Crippen LogP contribution in [-0.2, 0) is 4.74 Å². The predicted octanol–water partition coefficient (Wildman–Crippen LogP) is 4.23. The van der Waals surface area contributed by atoms with Gasteiger partial charge in [0.05, 0.1) is 6.61 Å². The molecule has 0 amide bonds. The minimum Gasteiger partial charge on any atom is -0.384 e. The first-order valence-electron chi connectivity index (χ1n) is 5.16. The summed E-state index contributed by atoms with van der Waals surface area (Å²) in [4.78, 5) is 0. The molecule has 14 heavy (non-hydrogen) atoms. The van der Waals surface area contributed by atoms with Crippen LogP contribution in [0.15, 0.2) is 0 Å². The monoisotopic (exact) mass is 236 g/mol. The largest absolute Gasteiger partial charge is 0.384 e. The van der Waals surface area contributed by atoms with Gasteiger partial charge in [-0.2, -0.15) is 0 Å². The second kappa shape index (κ2) is 7.02. The minimum atomic E-state index is 0.397. The molecular formula is C11H24OS2. The minimum absolute atomic E-state index is 0.397. The normalized spacial score (nSPS) is 14.8. The van der Waals surface area contributed by atoms with Gasteiger partial charge in [-0.05, 0) is 11.8 Å². The molecule has 0 aliphatic rings. The molecule has 86 valence electrons. The third-order valence-electron chi connectivity index (χ3n) is 1.58. The lowest BCUT2D eigenvalue weighted by Gasteiger charge is -2.25. The van der Waals surface area contributed by atoms with Gasteiger partial charge < -0.3 is 4.74 Å². The Hall–Kier alpha value is 0.660. The van der Waals surface area contributed by atoms with E-state index in [2.05, 4.69) is 34.6 Å². The van der Waals surface area contributed by atoms with Crippen LogP contribution in [0.2, 0.25) is 0 Å². The molecule has 0 spiro atoms. The van der Waals surface area contributed by atoms with Crippen molar-refractivity contribution in [3.05, 3.63) is 0 Å². The number of ether oxygens (including phenoxy) is 1. The molecule has 3 heteroatoms. The molecule has 0 fully saturated rings. The Labute approximate surface area is 97.1 Å². The summed E-state index contributed by atoms with van der Waals surface area (Å²) in [7, 11) is 5.72. The third-order valence-corrected chi connectivity index (χ3v) is 4.95. The van der Waals surface area contributed by atoms with Crippen molar-refractivity contribution in [3.63, 3.8) is 0 Å². The molecule has 0 rings (SSSR count). The first-order chi connectivity index (χ1) is 6.35. The zero-order chi connectivity index (χ0) is 11.2. The topological polar surface area (TPSA) is 9.23 Å². The van der Waals surface area contributed by atoms with E-state index in [9.17, 15) is 0 Å². The van der Waals surface area contributed by atoms with E-state index in [-0.39, 0.29) is 0 Å². The summed E-state index contributed by atoms with van der Waals surface area (Å²) in [5.41, 5.74) is 0.397. The molecular weight excluding hydrogens is 212 g/mol. The summed E-state index contributed by atoms with van der Waals surface area (Å²) in [5, 5.41) is 1.31. The number of methoxy groups -OCH3 is 1. The highest BCUT2D eigenvalue weighted by atomic mass is 33.1. The highest BCUT2D eigenvalue weighted by molar-refractivity contribution is 8.77. The first kappa shape index (κ1) is 14.7. The highest BCUT2D eigenvalue weighted by Crippen LogP contribution is 2.36. The summed E-state index contributed by atoms with van der Waals surface area (Å²) < 4.78 is 5.25.